The first kappa shape index (κ1) is 16.0. The van der Waals surface area contributed by atoms with Gasteiger partial charge in [-0.2, -0.15) is 13.2 Å². The van der Waals surface area contributed by atoms with Crippen LogP contribution in [0.4, 0.5) is 13.2 Å². The number of hydrogen-bond donors (Lipinski definition) is 0. The summed E-state index contributed by atoms with van der Waals surface area (Å²) in [7, 11) is 0. The Morgan fingerprint density at radius 1 is 1.13 bits per heavy atom. The Morgan fingerprint density at radius 2 is 1.78 bits per heavy atom. The summed E-state index contributed by atoms with van der Waals surface area (Å²) in [5.74, 6) is -1.24. The Kier molecular flexibility index (Phi) is 4.39. The maximum atomic E-state index is 12.5. The molecule has 2 heterocycles. The normalized spacial score (nSPS) is 17.6. The van der Waals surface area contributed by atoms with E-state index >= 15 is 0 Å². The topological polar surface area (TPSA) is 42.2 Å². The van der Waals surface area contributed by atoms with E-state index in [0.717, 1.165) is 32.5 Å². The number of alkyl halides is 3. The first-order valence-electron chi connectivity index (χ1n) is 7.60. The third-order valence-electron chi connectivity index (χ3n) is 4.15. The smallest absolute Gasteiger partial charge is 0.417 e. The van der Waals surface area contributed by atoms with Gasteiger partial charge in [-0.05, 0) is 38.4 Å². The van der Waals surface area contributed by atoms with Gasteiger partial charge in [0.25, 0.3) is 0 Å². The molecule has 4 nitrogen and oxygen atoms in total. The summed E-state index contributed by atoms with van der Waals surface area (Å²) in [6, 6.07) is 8.38. The van der Waals surface area contributed by atoms with Crippen molar-refractivity contribution < 1.29 is 17.6 Å². The molecular weight excluding hydrogens is 307 g/mol. The van der Waals surface area contributed by atoms with Crippen molar-refractivity contribution >= 4 is 0 Å². The van der Waals surface area contributed by atoms with Crippen molar-refractivity contribution in [2.75, 3.05) is 13.1 Å². The molecule has 0 radical (unpaired) electrons. The molecule has 1 aromatic heterocycles. The molecule has 0 spiro atoms. The standard InChI is InChI=1S/C16H18F3N3O/c1-11-2-4-12(5-3-11)10-22-8-6-13(7-9-22)14-20-21-15(23-14)16(17,18)19/h2-5,13H,6-10H2,1H3. The number of aryl methyl sites for hydroxylation is 1. The molecule has 0 aliphatic carbocycles. The van der Waals surface area contributed by atoms with Gasteiger partial charge in [-0.25, -0.2) is 0 Å². The molecule has 0 saturated carbocycles. The zero-order valence-electron chi connectivity index (χ0n) is 12.8. The fourth-order valence-electron chi connectivity index (χ4n) is 2.80. The van der Waals surface area contributed by atoms with Crippen molar-refractivity contribution in [2.45, 2.75) is 38.4 Å². The maximum Gasteiger partial charge on any atom is 0.470 e. The zero-order chi connectivity index (χ0) is 16.4. The highest BCUT2D eigenvalue weighted by molar-refractivity contribution is 5.21. The van der Waals surface area contributed by atoms with Gasteiger partial charge in [0, 0.05) is 12.5 Å². The van der Waals surface area contributed by atoms with E-state index < -0.39 is 12.1 Å². The van der Waals surface area contributed by atoms with E-state index in [1.807, 2.05) is 0 Å². The van der Waals surface area contributed by atoms with E-state index in [9.17, 15) is 13.2 Å². The van der Waals surface area contributed by atoms with Crippen molar-refractivity contribution in [3.63, 3.8) is 0 Å². The highest BCUT2D eigenvalue weighted by atomic mass is 19.4. The molecule has 3 rings (SSSR count). The number of rotatable bonds is 3. The summed E-state index contributed by atoms with van der Waals surface area (Å²) < 4.78 is 42.3. The molecule has 0 amide bonds. The lowest BCUT2D eigenvalue weighted by atomic mass is 9.96. The van der Waals surface area contributed by atoms with Crippen LogP contribution >= 0.6 is 0 Å². The van der Waals surface area contributed by atoms with Crippen LogP contribution < -0.4 is 0 Å². The van der Waals surface area contributed by atoms with Crippen LogP contribution in [0.1, 0.15) is 41.7 Å². The minimum Gasteiger partial charge on any atom is -0.417 e. The second-order valence-corrected chi connectivity index (χ2v) is 5.98. The van der Waals surface area contributed by atoms with Crippen LogP contribution in [-0.4, -0.2) is 28.2 Å². The fourth-order valence-corrected chi connectivity index (χ4v) is 2.80. The van der Waals surface area contributed by atoms with Crippen molar-refractivity contribution in [1.82, 2.24) is 15.1 Å². The predicted molar refractivity (Wildman–Crippen MR) is 77.7 cm³/mol. The van der Waals surface area contributed by atoms with Gasteiger partial charge in [0.05, 0.1) is 0 Å². The van der Waals surface area contributed by atoms with E-state index in [0.29, 0.717) is 0 Å². The molecule has 2 aromatic rings. The summed E-state index contributed by atoms with van der Waals surface area (Å²) in [5, 5.41) is 6.67. The van der Waals surface area contributed by atoms with Crippen molar-refractivity contribution in [3.8, 4) is 0 Å². The van der Waals surface area contributed by atoms with Crippen molar-refractivity contribution in [2.24, 2.45) is 0 Å². The van der Waals surface area contributed by atoms with Crippen LogP contribution in [0.25, 0.3) is 0 Å². The average molecular weight is 325 g/mol. The third kappa shape index (κ3) is 3.90. The monoisotopic (exact) mass is 325 g/mol. The number of benzene rings is 1. The highest BCUT2D eigenvalue weighted by Crippen LogP contribution is 2.32. The van der Waals surface area contributed by atoms with Gasteiger partial charge < -0.3 is 4.42 Å². The summed E-state index contributed by atoms with van der Waals surface area (Å²) in [6.45, 7) is 4.52. The molecule has 0 bridgehead atoms. The maximum absolute atomic E-state index is 12.5. The first-order chi connectivity index (χ1) is 10.9. The lowest BCUT2D eigenvalue weighted by molar-refractivity contribution is -0.157. The van der Waals surface area contributed by atoms with Gasteiger partial charge in [-0.3, -0.25) is 4.90 Å². The van der Waals surface area contributed by atoms with Crippen LogP contribution in [0, 0.1) is 6.92 Å². The summed E-state index contributed by atoms with van der Waals surface area (Å²) in [6.07, 6.45) is -3.12. The Balaban J connectivity index is 1.56. The Morgan fingerprint density at radius 3 is 2.35 bits per heavy atom. The number of nitrogens with zero attached hydrogens (tertiary/aromatic N) is 3. The molecule has 1 aliphatic heterocycles. The number of piperidine rings is 1. The van der Waals surface area contributed by atoms with Crippen LogP contribution in [0.15, 0.2) is 28.7 Å². The van der Waals surface area contributed by atoms with Gasteiger partial charge in [0.15, 0.2) is 0 Å². The molecule has 1 aromatic carbocycles. The number of aromatic nitrogens is 2. The quantitative estimate of drug-likeness (QED) is 0.861. The average Bonchev–Trinajstić information content (AvgIpc) is 3.00. The number of likely N-dealkylation sites (tertiary alicyclic amines) is 1. The summed E-state index contributed by atoms with van der Waals surface area (Å²) >= 11 is 0. The number of hydrogen-bond acceptors (Lipinski definition) is 4. The molecule has 124 valence electrons. The van der Waals surface area contributed by atoms with E-state index in [1.165, 1.54) is 11.1 Å². The largest absolute Gasteiger partial charge is 0.470 e. The van der Waals surface area contributed by atoms with Gasteiger partial charge in [-0.15, -0.1) is 10.2 Å². The highest BCUT2D eigenvalue weighted by Gasteiger charge is 2.39. The first-order valence-corrected chi connectivity index (χ1v) is 7.60. The van der Waals surface area contributed by atoms with Gasteiger partial charge in [0.2, 0.25) is 5.89 Å². The molecule has 1 saturated heterocycles. The van der Waals surface area contributed by atoms with Crippen LogP contribution in [0.3, 0.4) is 0 Å². The van der Waals surface area contributed by atoms with E-state index in [4.69, 9.17) is 4.42 Å². The lowest BCUT2D eigenvalue weighted by Crippen LogP contribution is -2.32. The molecule has 0 unspecified atom stereocenters. The molecule has 0 N–H and O–H groups in total. The van der Waals surface area contributed by atoms with Crippen LogP contribution in [0.2, 0.25) is 0 Å². The van der Waals surface area contributed by atoms with E-state index in [1.54, 1.807) is 0 Å². The lowest BCUT2D eigenvalue weighted by Gasteiger charge is -2.30. The second-order valence-electron chi connectivity index (χ2n) is 5.98. The second kappa shape index (κ2) is 6.31. The Bertz CT molecular complexity index is 643. The van der Waals surface area contributed by atoms with E-state index in [-0.39, 0.29) is 11.8 Å². The minimum atomic E-state index is -4.57. The van der Waals surface area contributed by atoms with E-state index in [2.05, 4.69) is 46.3 Å². The zero-order valence-corrected chi connectivity index (χ0v) is 12.8. The molecular formula is C16H18F3N3O. The summed E-state index contributed by atoms with van der Waals surface area (Å²) in [4.78, 5) is 2.29. The van der Waals surface area contributed by atoms with Gasteiger partial charge in [0.1, 0.15) is 0 Å². The molecule has 0 atom stereocenters. The van der Waals surface area contributed by atoms with Crippen LogP contribution in [0.5, 0.6) is 0 Å². The van der Waals surface area contributed by atoms with Crippen molar-refractivity contribution in [3.05, 3.63) is 47.2 Å². The van der Waals surface area contributed by atoms with Crippen molar-refractivity contribution in [1.29, 1.82) is 0 Å². The Labute approximate surface area is 132 Å². The Hall–Kier alpha value is -1.89. The summed E-state index contributed by atoms with van der Waals surface area (Å²) in [5.41, 5.74) is 2.47. The minimum absolute atomic E-state index is 0.0899. The fraction of sp³-hybridized carbons (Fsp3) is 0.500. The van der Waals surface area contributed by atoms with Gasteiger partial charge in [-0.1, -0.05) is 29.8 Å². The molecule has 1 fully saturated rings. The van der Waals surface area contributed by atoms with Crippen LogP contribution in [-0.2, 0) is 12.7 Å². The molecule has 7 heteroatoms. The third-order valence-corrected chi connectivity index (χ3v) is 4.15. The molecule has 1 aliphatic rings. The predicted octanol–water partition coefficient (Wildman–Crippen LogP) is 3.78. The molecule has 23 heavy (non-hydrogen) atoms. The number of halogens is 3. The SMILES string of the molecule is Cc1ccc(CN2CCC(c3nnc(C(F)(F)F)o3)CC2)cc1. The van der Waals surface area contributed by atoms with Gasteiger partial charge >= 0.3 is 12.1 Å².